The molecule has 0 saturated heterocycles. The summed E-state index contributed by atoms with van der Waals surface area (Å²) in [5, 5.41) is 13.1. The third-order valence-corrected chi connectivity index (χ3v) is 4.21. The zero-order valence-corrected chi connectivity index (χ0v) is 9.97. The molecule has 0 spiro atoms. The molecule has 2 rings (SSSR count). The molecule has 0 radical (unpaired) electrons. The highest BCUT2D eigenvalue weighted by molar-refractivity contribution is 4.87. The maximum absolute atomic E-state index is 9.48. The van der Waals surface area contributed by atoms with E-state index in [1.165, 1.54) is 44.9 Å². The first-order valence-electron chi connectivity index (χ1n) is 6.58. The average molecular weight is 211 g/mol. The summed E-state index contributed by atoms with van der Waals surface area (Å²) in [5.74, 6) is 1.00. The first-order valence-corrected chi connectivity index (χ1v) is 6.58. The minimum atomic E-state index is 0.220. The molecule has 0 aromatic heterocycles. The van der Waals surface area contributed by atoms with Crippen LogP contribution >= 0.6 is 0 Å². The molecule has 2 aliphatic rings. The van der Waals surface area contributed by atoms with Gasteiger partial charge in [-0.3, -0.25) is 0 Å². The van der Waals surface area contributed by atoms with Gasteiger partial charge in [-0.05, 0) is 32.1 Å². The zero-order valence-electron chi connectivity index (χ0n) is 9.97. The fourth-order valence-electron chi connectivity index (χ4n) is 2.84. The van der Waals surface area contributed by atoms with Crippen LogP contribution < -0.4 is 5.32 Å². The van der Waals surface area contributed by atoms with E-state index in [1.807, 2.05) is 0 Å². The Balaban J connectivity index is 1.69. The summed E-state index contributed by atoms with van der Waals surface area (Å²) in [5.41, 5.74) is 0.220. The fraction of sp³-hybridized carbons (Fsp3) is 1.00. The Hall–Kier alpha value is -0.0800. The monoisotopic (exact) mass is 211 g/mol. The summed E-state index contributed by atoms with van der Waals surface area (Å²) >= 11 is 0. The van der Waals surface area contributed by atoms with Crippen LogP contribution in [0.5, 0.6) is 0 Å². The lowest BCUT2D eigenvalue weighted by Crippen LogP contribution is -2.39. The second kappa shape index (κ2) is 4.84. The van der Waals surface area contributed by atoms with Gasteiger partial charge >= 0.3 is 0 Å². The Morgan fingerprint density at radius 2 is 2.00 bits per heavy atom. The number of rotatable bonds is 6. The standard InChI is InChI=1S/C13H25NO/c1-11(8-12-4-5-12)14-9-13(10-15)6-2-3-7-13/h11-12,14-15H,2-10H2,1H3. The van der Waals surface area contributed by atoms with Gasteiger partial charge in [0.2, 0.25) is 0 Å². The van der Waals surface area contributed by atoms with E-state index in [0.29, 0.717) is 12.6 Å². The van der Waals surface area contributed by atoms with Crippen molar-refractivity contribution in [2.24, 2.45) is 11.3 Å². The van der Waals surface area contributed by atoms with Crippen molar-refractivity contribution in [2.75, 3.05) is 13.2 Å². The van der Waals surface area contributed by atoms with Crippen molar-refractivity contribution in [3.63, 3.8) is 0 Å². The first kappa shape index (κ1) is 11.4. The van der Waals surface area contributed by atoms with E-state index < -0.39 is 0 Å². The molecule has 0 bridgehead atoms. The Labute approximate surface area is 93.5 Å². The molecular weight excluding hydrogens is 186 g/mol. The van der Waals surface area contributed by atoms with Gasteiger partial charge in [0.1, 0.15) is 0 Å². The van der Waals surface area contributed by atoms with Gasteiger partial charge in [-0.25, -0.2) is 0 Å². The predicted octanol–water partition coefficient (Wildman–Crippen LogP) is 2.32. The van der Waals surface area contributed by atoms with Crippen molar-refractivity contribution in [3.8, 4) is 0 Å². The summed E-state index contributed by atoms with van der Waals surface area (Å²) in [6.07, 6.45) is 9.26. The van der Waals surface area contributed by atoms with Crippen LogP contribution in [-0.4, -0.2) is 24.3 Å². The second-order valence-electron chi connectivity index (χ2n) is 5.83. The molecule has 0 heterocycles. The number of nitrogens with one attached hydrogen (secondary N) is 1. The van der Waals surface area contributed by atoms with Gasteiger partial charge in [0.15, 0.2) is 0 Å². The van der Waals surface area contributed by atoms with Crippen molar-refractivity contribution >= 4 is 0 Å². The van der Waals surface area contributed by atoms with Gasteiger partial charge in [0.05, 0.1) is 0 Å². The van der Waals surface area contributed by atoms with Gasteiger partial charge in [-0.1, -0.05) is 25.7 Å². The average Bonchev–Trinajstić information content (AvgIpc) is 2.93. The lowest BCUT2D eigenvalue weighted by molar-refractivity contribution is 0.124. The van der Waals surface area contributed by atoms with Crippen LogP contribution in [0.25, 0.3) is 0 Å². The molecule has 2 aliphatic carbocycles. The molecule has 88 valence electrons. The minimum absolute atomic E-state index is 0.220. The quantitative estimate of drug-likeness (QED) is 0.706. The Bertz CT molecular complexity index is 195. The van der Waals surface area contributed by atoms with Crippen LogP contribution in [0.3, 0.4) is 0 Å². The van der Waals surface area contributed by atoms with E-state index >= 15 is 0 Å². The second-order valence-corrected chi connectivity index (χ2v) is 5.83. The largest absolute Gasteiger partial charge is 0.396 e. The number of hydrogen-bond acceptors (Lipinski definition) is 2. The van der Waals surface area contributed by atoms with Crippen LogP contribution in [0, 0.1) is 11.3 Å². The Kier molecular flexibility index (Phi) is 3.68. The van der Waals surface area contributed by atoms with E-state index in [1.54, 1.807) is 0 Å². The van der Waals surface area contributed by atoms with Crippen LogP contribution in [-0.2, 0) is 0 Å². The zero-order chi connectivity index (χ0) is 10.7. The van der Waals surface area contributed by atoms with Crippen molar-refractivity contribution in [1.82, 2.24) is 5.32 Å². The SMILES string of the molecule is CC(CC1CC1)NCC1(CO)CCCC1. The molecule has 1 atom stereocenters. The molecular formula is C13H25NO. The lowest BCUT2D eigenvalue weighted by atomic mass is 9.87. The van der Waals surface area contributed by atoms with E-state index in [2.05, 4.69) is 12.2 Å². The molecule has 1 unspecified atom stereocenters. The Morgan fingerprint density at radius 1 is 1.33 bits per heavy atom. The van der Waals surface area contributed by atoms with Gasteiger partial charge in [-0.15, -0.1) is 0 Å². The van der Waals surface area contributed by atoms with Crippen LogP contribution in [0.2, 0.25) is 0 Å². The molecule has 0 aliphatic heterocycles. The van der Waals surface area contributed by atoms with Crippen molar-refractivity contribution in [3.05, 3.63) is 0 Å². The van der Waals surface area contributed by atoms with Gasteiger partial charge in [0.25, 0.3) is 0 Å². The van der Waals surface area contributed by atoms with Crippen LogP contribution in [0.15, 0.2) is 0 Å². The maximum atomic E-state index is 9.48. The van der Waals surface area contributed by atoms with Crippen LogP contribution in [0.4, 0.5) is 0 Å². The van der Waals surface area contributed by atoms with E-state index in [0.717, 1.165) is 12.5 Å². The van der Waals surface area contributed by atoms with E-state index in [4.69, 9.17) is 0 Å². The van der Waals surface area contributed by atoms with Crippen molar-refractivity contribution < 1.29 is 5.11 Å². The molecule has 0 aromatic carbocycles. The first-order chi connectivity index (χ1) is 7.24. The molecule has 15 heavy (non-hydrogen) atoms. The third-order valence-electron chi connectivity index (χ3n) is 4.21. The van der Waals surface area contributed by atoms with Crippen molar-refractivity contribution in [1.29, 1.82) is 0 Å². The van der Waals surface area contributed by atoms with Crippen molar-refractivity contribution in [2.45, 2.75) is 57.9 Å². The predicted molar refractivity (Wildman–Crippen MR) is 62.8 cm³/mol. The van der Waals surface area contributed by atoms with Gasteiger partial charge in [0, 0.05) is 24.6 Å². The molecule has 0 amide bonds. The number of aliphatic hydroxyl groups excluding tert-OH is 1. The molecule has 2 N–H and O–H groups in total. The van der Waals surface area contributed by atoms with Gasteiger partial charge in [-0.2, -0.15) is 0 Å². The number of aliphatic hydroxyl groups is 1. The van der Waals surface area contributed by atoms with Crippen LogP contribution in [0.1, 0.15) is 51.9 Å². The highest BCUT2D eigenvalue weighted by atomic mass is 16.3. The normalized spacial score (nSPS) is 26.8. The number of hydrogen-bond donors (Lipinski definition) is 2. The third kappa shape index (κ3) is 3.18. The molecule has 0 aromatic rings. The highest BCUT2D eigenvalue weighted by Gasteiger charge is 2.33. The van der Waals surface area contributed by atoms with E-state index in [-0.39, 0.29) is 5.41 Å². The smallest absolute Gasteiger partial charge is 0.0499 e. The minimum Gasteiger partial charge on any atom is -0.396 e. The summed E-state index contributed by atoms with van der Waals surface area (Å²) < 4.78 is 0. The topological polar surface area (TPSA) is 32.3 Å². The summed E-state index contributed by atoms with van der Waals surface area (Å²) in [4.78, 5) is 0. The summed E-state index contributed by atoms with van der Waals surface area (Å²) in [7, 11) is 0. The molecule has 2 fully saturated rings. The molecule has 2 nitrogen and oxygen atoms in total. The summed E-state index contributed by atoms with van der Waals surface area (Å²) in [6.45, 7) is 3.69. The maximum Gasteiger partial charge on any atom is 0.0499 e. The Morgan fingerprint density at radius 3 is 2.53 bits per heavy atom. The molecule has 2 heteroatoms. The summed E-state index contributed by atoms with van der Waals surface area (Å²) in [6, 6.07) is 0.640. The van der Waals surface area contributed by atoms with Gasteiger partial charge < -0.3 is 10.4 Å². The highest BCUT2D eigenvalue weighted by Crippen LogP contribution is 2.37. The van der Waals surface area contributed by atoms with E-state index in [9.17, 15) is 5.11 Å². The lowest BCUT2D eigenvalue weighted by Gasteiger charge is -2.28. The fourth-order valence-corrected chi connectivity index (χ4v) is 2.84. The molecule has 2 saturated carbocycles.